The molecule has 1 saturated carbocycles. The average Bonchev–Trinajstić information content (AvgIpc) is 3.54. The molecule has 0 aliphatic heterocycles. The molecule has 192 valence electrons. The van der Waals surface area contributed by atoms with Crippen molar-refractivity contribution < 1.29 is 14.4 Å². The highest BCUT2D eigenvalue weighted by Crippen LogP contribution is 2.27. The predicted octanol–water partition coefficient (Wildman–Crippen LogP) is 4.52. The third-order valence-corrected chi connectivity index (χ3v) is 6.69. The topological polar surface area (TPSA) is 132 Å². The van der Waals surface area contributed by atoms with E-state index < -0.39 is 5.91 Å². The molecule has 0 saturated heterocycles. The Balaban J connectivity index is 1.41. The summed E-state index contributed by atoms with van der Waals surface area (Å²) in [7, 11) is 0. The summed E-state index contributed by atoms with van der Waals surface area (Å²) in [6.07, 6.45) is 1.80. The largest absolute Gasteiger partial charge is 0.384 e. The fourth-order valence-electron chi connectivity index (χ4n) is 4.39. The monoisotopic (exact) mass is 528 g/mol. The molecule has 1 aliphatic carbocycles. The van der Waals surface area contributed by atoms with Crippen molar-refractivity contribution in [2.75, 3.05) is 17.6 Å². The van der Waals surface area contributed by atoms with Gasteiger partial charge in [0, 0.05) is 31.0 Å². The number of hydrogen-bond donors (Lipinski definition) is 3. The first-order valence-corrected chi connectivity index (χ1v) is 12.5. The lowest BCUT2D eigenvalue weighted by Crippen LogP contribution is -2.28. The lowest BCUT2D eigenvalue weighted by atomic mass is 10.1. The molecule has 1 unspecified atom stereocenters. The van der Waals surface area contributed by atoms with E-state index in [1.807, 2.05) is 30.3 Å². The molecule has 2 amide bonds. The van der Waals surface area contributed by atoms with Crippen molar-refractivity contribution in [3.63, 3.8) is 0 Å². The number of Topliss-reactive ketones (excluding diaryl/α,β-unsaturated/α-hetero) is 1. The second-order valence-corrected chi connectivity index (χ2v) is 9.52. The molecule has 0 bridgehead atoms. The zero-order valence-corrected chi connectivity index (χ0v) is 21.1. The quantitative estimate of drug-likeness (QED) is 0.323. The van der Waals surface area contributed by atoms with Crippen molar-refractivity contribution >= 4 is 40.8 Å². The molecule has 2 aromatic carbocycles. The van der Waals surface area contributed by atoms with Crippen LogP contribution in [-0.4, -0.2) is 38.9 Å². The van der Waals surface area contributed by atoms with Crippen LogP contribution in [0.4, 0.5) is 11.6 Å². The average molecular weight is 529 g/mol. The molecule has 2 aromatic heterocycles. The first kappa shape index (κ1) is 25.2. The van der Waals surface area contributed by atoms with Crippen LogP contribution in [0.2, 0.25) is 5.02 Å². The molecule has 38 heavy (non-hydrogen) atoms. The van der Waals surface area contributed by atoms with Crippen molar-refractivity contribution in [2.45, 2.75) is 19.3 Å². The maximum absolute atomic E-state index is 13.4. The Labute approximate surface area is 224 Å². The van der Waals surface area contributed by atoms with Crippen LogP contribution in [0.15, 0.2) is 72.8 Å². The van der Waals surface area contributed by atoms with Crippen LogP contribution < -0.4 is 16.4 Å². The van der Waals surface area contributed by atoms with Gasteiger partial charge in [0.15, 0.2) is 5.69 Å². The van der Waals surface area contributed by atoms with E-state index in [4.69, 9.17) is 17.3 Å². The van der Waals surface area contributed by atoms with Gasteiger partial charge >= 0.3 is 0 Å². The molecule has 0 spiro atoms. The Kier molecular flexibility index (Phi) is 7.19. The molecule has 1 fully saturated rings. The Morgan fingerprint density at radius 1 is 1.03 bits per heavy atom. The number of pyridine rings is 1. The first-order valence-electron chi connectivity index (χ1n) is 12.2. The number of ketones is 1. The number of nitrogen functional groups attached to an aromatic ring is 1. The fraction of sp³-hybridized carbons (Fsp3) is 0.179. The highest BCUT2D eigenvalue weighted by atomic mass is 35.5. The van der Waals surface area contributed by atoms with E-state index in [1.165, 1.54) is 10.7 Å². The number of halogens is 1. The molecule has 2 heterocycles. The molecule has 9 nitrogen and oxygen atoms in total. The second-order valence-electron chi connectivity index (χ2n) is 9.12. The third kappa shape index (κ3) is 5.57. The van der Waals surface area contributed by atoms with Crippen molar-refractivity contribution in [1.29, 1.82) is 0 Å². The van der Waals surface area contributed by atoms with Crippen LogP contribution in [0.5, 0.6) is 0 Å². The lowest BCUT2D eigenvalue weighted by Gasteiger charge is -2.11. The van der Waals surface area contributed by atoms with Crippen LogP contribution >= 0.6 is 11.6 Å². The van der Waals surface area contributed by atoms with Gasteiger partial charge in [-0.25, -0.2) is 9.67 Å². The maximum Gasteiger partial charge on any atom is 0.271 e. The summed E-state index contributed by atoms with van der Waals surface area (Å²) in [5, 5.41) is 10.4. The zero-order chi connectivity index (χ0) is 26.6. The number of nitrogens with one attached hydrogen (secondary N) is 2. The van der Waals surface area contributed by atoms with E-state index in [0.717, 1.165) is 6.42 Å². The van der Waals surface area contributed by atoms with Crippen LogP contribution in [-0.2, 0) is 4.79 Å². The van der Waals surface area contributed by atoms with Gasteiger partial charge in [0.05, 0.1) is 22.0 Å². The Bertz CT molecular complexity index is 1520. The maximum atomic E-state index is 13.4. The summed E-state index contributed by atoms with van der Waals surface area (Å²) < 4.78 is 1.49. The highest BCUT2D eigenvalue weighted by Gasteiger charge is 2.24. The molecule has 0 radical (unpaired) electrons. The smallest absolute Gasteiger partial charge is 0.271 e. The molecular formula is C28H25ClN6O3. The van der Waals surface area contributed by atoms with Gasteiger partial charge in [-0.1, -0.05) is 41.9 Å². The van der Waals surface area contributed by atoms with E-state index in [1.54, 1.807) is 36.4 Å². The molecule has 1 aliphatic rings. The number of anilines is 2. The summed E-state index contributed by atoms with van der Waals surface area (Å²) in [4.78, 5) is 42.1. The minimum absolute atomic E-state index is 0.130. The fourth-order valence-corrected chi connectivity index (χ4v) is 4.60. The van der Waals surface area contributed by atoms with Crippen molar-refractivity contribution in [1.82, 2.24) is 20.1 Å². The predicted molar refractivity (Wildman–Crippen MR) is 145 cm³/mol. The number of nitrogens with two attached hydrogens (primary N) is 1. The summed E-state index contributed by atoms with van der Waals surface area (Å²) in [6, 6.07) is 20.9. The number of hydrogen-bond acceptors (Lipinski definition) is 6. The number of aromatic nitrogens is 3. The van der Waals surface area contributed by atoms with E-state index in [-0.39, 0.29) is 33.9 Å². The standard InChI is InChI=1S/C28H25ClN6O3/c29-22-12-10-18(23-7-4-8-25(30)32-23)14-21(22)27(37)33-26-15-24(34-35(26)19-5-2-1-3-6-19)28(38)31-16-17-9-11-20(36)13-17/h1-8,10,12,14-15,17H,9,11,13,16H2,(H2,30,32)(H,31,38)(H,33,37). The van der Waals surface area contributed by atoms with Crippen LogP contribution in [0.25, 0.3) is 16.9 Å². The van der Waals surface area contributed by atoms with E-state index in [0.29, 0.717) is 48.0 Å². The lowest BCUT2D eigenvalue weighted by molar-refractivity contribution is -0.117. The van der Waals surface area contributed by atoms with Crippen LogP contribution in [0.3, 0.4) is 0 Å². The zero-order valence-electron chi connectivity index (χ0n) is 20.4. The Hall–Kier alpha value is -4.50. The minimum Gasteiger partial charge on any atom is -0.384 e. The first-order chi connectivity index (χ1) is 18.4. The summed E-state index contributed by atoms with van der Waals surface area (Å²) in [5.74, 6) is 0.144. The van der Waals surface area contributed by atoms with Gasteiger partial charge in [-0.2, -0.15) is 5.10 Å². The highest BCUT2D eigenvalue weighted by molar-refractivity contribution is 6.34. The molecular weight excluding hydrogens is 504 g/mol. The normalized spacial score (nSPS) is 14.9. The van der Waals surface area contributed by atoms with Gasteiger partial charge in [0.25, 0.3) is 11.8 Å². The number of benzene rings is 2. The van der Waals surface area contributed by atoms with Gasteiger partial charge in [0.2, 0.25) is 0 Å². The van der Waals surface area contributed by atoms with Gasteiger partial charge in [-0.15, -0.1) is 0 Å². The number of carbonyl (C=O) groups is 3. The molecule has 10 heteroatoms. The number of amides is 2. The van der Waals surface area contributed by atoms with Gasteiger partial charge in [0.1, 0.15) is 17.4 Å². The second kappa shape index (κ2) is 10.9. The minimum atomic E-state index is -0.478. The van der Waals surface area contributed by atoms with Crippen molar-refractivity contribution in [3.8, 4) is 16.9 Å². The number of nitrogens with zero attached hydrogens (tertiary/aromatic N) is 3. The number of para-hydroxylation sites is 1. The van der Waals surface area contributed by atoms with Gasteiger partial charge in [-0.3, -0.25) is 14.4 Å². The van der Waals surface area contributed by atoms with Crippen LogP contribution in [0.1, 0.15) is 40.1 Å². The van der Waals surface area contributed by atoms with Gasteiger partial charge < -0.3 is 16.4 Å². The summed E-state index contributed by atoms with van der Waals surface area (Å²) in [6.45, 7) is 0.394. The number of rotatable bonds is 7. The van der Waals surface area contributed by atoms with E-state index >= 15 is 0 Å². The molecule has 1 atom stereocenters. The Morgan fingerprint density at radius 2 is 1.84 bits per heavy atom. The van der Waals surface area contributed by atoms with Crippen molar-refractivity contribution in [2.24, 2.45) is 5.92 Å². The molecule has 4 N–H and O–H groups in total. The SMILES string of the molecule is Nc1cccc(-c2ccc(Cl)c(C(=O)Nc3cc(C(=O)NCC4CCC(=O)C4)nn3-c3ccccc3)c2)n1. The third-order valence-electron chi connectivity index (χ3n) is 6.36. The van der Waals surface area contributed by atoms with E-state index in [9.17, 15) is 14.4 Å². The summed E-state index contributed by atoms with van der Waals surface area (Å²) in [5.41, 5.74) is 8.12. The molecule has 4 aromatic rings. The van der Waals surface area contributed by atoms with E-state index in [2.05, 4.69) is 20.7 Å². The van der Waals surface area contributed by atoms with Crippen molar-refractivity contribution in [3.05, 3.63) is 89.1 Å². The van der Waals surface area contributed by atoms with Gasteiger partial charge in [-0.05, 0) is 48.7 Å². The Morgan fingerprint density at radius 3 is 2.58 bits per heavy atom. The number of carbonyl (C=O) groups excluding carboxylic acids is 3. The summed E-state index contributed by atoms with van der Waals surface area (Å²) >= 11 is 6.39. The molecule has 5 rings (SSSR count). The van der Waals surface area contributed by atoms with Crippen LogP contribution in [0, 0.1) is 5.92 Å².